The van der Waals surface area contributed by atoms with Crippen molar-refractivity contribution in [2.45, 2.75) is 6.61 Å². The number of morpholine rings is 1. The molecule has 2 aromatic rings. The minimum Gasteiger partial charge on any atom is -0.434 e. The maximum absolute atomic E-state index is 12.4. The fourth-order valence-electron chi connectivity index (χ4n) is 2.61. The number of rotatable bonds is 6. The lowest BCUT2D eigenvalue weighted by molar-refractivity contribution is -0.111. The molecule has 0 aliphatic carbocycles. The summed E-state index contributed by atoms with van der Waals surface area (Å²) in [6, 6.07) is 9.84. The topological polar surface area (TPSA) is 63.7 Å². The Labute approximate surface area is 155 Å². The Kier molecular flexibility index (Phi) is 6.32. The molecule has 1 aromatic carbocycles. The van der Waals surface area contributed by atoms with Crippen molar-refractivity contribution in [1.82, 2.24) is 4.98 Å². The number of ether oxygens (including phenoxy) is 2. The number of benzene rings is 1. The van der Waals surface area contributed by atoms with Crippen LogP contribution in [0.4, 0.5) is 20.3 Å². The minimum absolute atomic E-state index is 0.00748. The van der Waals surface area contributed by atoms with Gasteiger partial charge in [-0.25, -0.2) is 4.98 Å². The van der Waals surface area contributed by atoms with Crippen molar-refractivity contribution in [2.24, 2.45) is 0 Å². The molecule has 1 aromatic heterocycles. The van der Waals surface area contributed by atoms with Crippen molar-refractivity contribution in [3.63, 3.8) is 0 Å². The summed E-state index contributed by atoms with van der Waals surface area (Å²) in [7, 11) is 0. The van der Waals surface area contributed by atoms with Crippen LogP contribution in [-0.4, -0.2) is 43.8 Å². The van der Waals surface area contributed by atoms with Crippen LogP contribution in [0, 0.1) is 0 Å². The summed E-state index contributed by atoms with van der Waals surface area (Å²) in [4.78, 5) is 18.5. The van der Waals surface area contributed by atoms with Gasteiger partial charge in [0.1, 0.15) is 11.6 Å². The SMILES string of the molecule is O=C(/C=C/c1ccccc1OC(F)F)Nc1ccc(N2CCOCC2)nc1. The highest BCUT2D eigenvalue weighted by Gasteiger charge is 2.12. The van der Waals surface area contributed by atoms with E-state index in [0.29, 0.717) is 24.5 Å². The number of alkyl halides is 2. The number of hydrogen-bond donors (Lipinski definition) is 1. The van der Waals surface area contributed by atoms with E-state index in [1.165, 1.54) is 18.2 Å². The fraction of sp³-hybridized carbons (Fsp3) is 0.263. The summed E-state index contributed by atoms with van der Waals surface area (Å²) in [6.07, 6.45) is 4.25. The molecule has 0 saturated carbocycles. The summed E-state index contributed by atoms with van der Waals surface area (Å²) in [5, 5.41) is 2.68. The molecule has 6 nitrogen and oxygen atoms in total. The van der Waals surface area contributed by atoms with Crippen LogP contribution in [-0.2, 0) is 9.53 Å². The van der Waals surface area contributed by atoms with E-state index in [1.54, 1.807) is 30.5 Å². The van der Waals surface area contributed by atoms with Gasteiger partial charge in [0.15, 0.2) is 0 Å². The molecule has 1 amide bonds. The molecule has 0 radical (unpaired) electrons. The normalized spacial score (nSPS) is 14.6. The molecule has 1 aliphatic rings. The van der Waals surface area contributed by atoms with Gasteiger partial charge in [0.2, 0.25) is 5.91 Å². The summed E-state index contributed by atoms with van der Waals surface area (Å²) in [5.74, 6) is 0.431. The third kappa shape index (κ3) is 5.49. The van der Waals surface area contributed by atoms with E-state index in [1.807, 2.05) is 6.07 Å². The lowest BCUT2D eigenvalue weighted by Crippen LogP contribution is -2.36. The standard InChI is InChI=1S/C19H19F2N3O3/c20-19(21)27-16-4-2-1-3-14(16)5-8-18(25)23-15-6-7-17(22-13-15)24-9-11-26-12-10-24/h1-8,13,19H,9-12H2,(H,23,25)/b8-5+. The zero-order valence-electron chi connectivity index (χ0n) is 14.5. The maximum Gasteiger partial charge on any atom is 0.387 e. The molecule has 2 heterocycles. The minimum atomic E-state index is -2.93. The Hall–Kier alpha value is -3.00. The van der Waals surface area contributed by atoms with Crippen molar-refractivity contribution < 1.29 is 23.0 Å². The number of carbonyl (C=O) groups is 1. The van der Waals surface area contributed by atoms with Crippen LogP contribution in [0.1, 0.15) is 5.56 Å². The largest absolute Gasteiger partial charge is 0.434 e. The Balaban J connectivity index is 1.60. The van der Waals surface area contributed by atoms with Gasteiger partial charge in [-0.3, -0.25) is 4.79 Å². The highest BCUT2D eigenvalue weighted by atomic mass is 19.3. The highest BCUT2D eigenvalue weighted by molar-refractivity contribution is 6.02. The number of amides is 1. The van der Waals surface area contributed by atoms with E-state index in [2.05, 4.69) is 19.9 Å². The Morgan fingerprint density at radius 2 is 2.00 bits per heavy atom. The molecule has 0 atom stereocenters. The van der Waals surface area contributed by atoms with E-state index >= 15 is 0 Å². The zero-order valence-corrected chi connectivity index (χ0v) is 14.5. The van der Waals surface area contributed by atoms with Gasteiger partial charge >= 0.3 is 6.61 Å². The van der Waals surface area contributed by atoms with Crippen LogP contribution in [0.3, 0.4) is 0 Å². The zero-order chi connectivity index (χ0) is 19.1. The molecular formula is C19H19F2N3O3. The van der Waals surface area contributed by atoms with Crippen LogP contribution in [0.25, 0.3) is 6.08 Å². The highest BCUT2D eigenvalue weighted by Crippen LogP contribution is 2.21. The second kappa shape index (κ2) is 9.09. The average molecular weight is 375 g/mol. The van der Waals surface area contributed by atoms with E-state index < -0.39 is 12.5 Å². The van der Waals surface area contributed by atoms with E-state index in [-0.39, 0.29) is 5.75 Å². The number of anilines is 2. The van der Waals surface area contributed by atoms with Gasteiger partial charge in [0.25, 0.3) is 0 Å². The monoisotopic (exact) mass is 375 g/mol. The first kappa shape index (κ1) is 18.8. The van der Waals surface area contributed by atoms with E-state index in [4.69, 9.17) is 4.74 Å². The molecule has 0 spiro atoms. The molecule has 3 rings (SSSR count). The third-order valence-electron chi connectivity index (χ3n) is 3.90. The van der Waals surface area contributed by atoms with Crippen molar-refractivity contribution in [1.29, 1.82) is 0 Å². The average Bonchev–Trinajstić information content (AvgIpc) is 2.68. The summed E-state index contributed by atoms with van der Waals surface area (Å²) in [5.41, 5.74) is 0.924. The van der Waals surface area contributed by atoms with Crippen molar-refractivity contribution >= 4 is 23.5 Å². The second-order valence-electron chi connectivity index (χ2n) is 5.74. The number of para-hydroxylation sites is 1. The van der Waals surface area contributed by atoms with E-state index in [9.17, 15) is 13.6 Å². The van der Waals surface area contributed by atoms with Crippen LogP contribution in [0.2, 0.25) is 0 Å². The third-order valence-corrected chi connectivity index (χ3v) is 3.90. The summed E-state index contributed by atoms with van der Waals surface area (Å²) < 4.78 is 34.6. The molecule has 27 heavy (non-hydrogen) atoms. The lowest BCUT2D eigenvalue weighted by Gasteiger charge is -2.27. The first-order valence-electron chi connectivity index (χ1n) is 8.43. The number of pyridine rings is 1. The van der Waals surface area contributed by atoms with Gasteiger partial charge in [-0.1, -0.05) is 18.2 Å². The van der Waals surface area contributed by atoms with Gasteiger partial charge in [0, 0.05) is 24.7 Å². The quantitative estimate of drug-likeness (QED) is 0.786. The maximum atomic E-state index is 12.4. The van der Waals surface area contributed by atoms with Gasteiger partial charge in [-0.15, -0.1) is 0 Å². The predicted octanol–water partition coefficient (Wildman–Crippen LogP) is 3.17. The molecule has 0 bridgehead atoms. The van der Waals surface area contributed by atoms with Crippen molar-refractivity contribution in [3.8, 4) is 5.75 Å². The molecule has 1 N–H and O–H groups in total. The van der Waals surface area contributed by atoms with Crippen molar-refractivity contribution in [2.75, 3.05) is 36.5 Å². The van der Waals surface area contributed by atoms with Crippen LogP contribution in [0.5, 0.6) is 5.75 Å². The van der Waals surface area contributed by atoms with Gasteiger partial charge < -0.3 is 19.7 Å². The van der Waals surface area contributed by atoms with Crippen LogP contribution >= 0.6 is 0 Å². The Bertz CT molecular complexity index is 791. The molecular weight excluding hydrogens is 356 g/mol. The Morgan fingerprint density at radius 3 is 2.70 bits per heavy atom. The number of hydrogen-bond acceptors (Lipinski definition) is 5. The van der Waals surface area contributed by atoms with Crippen molar-refractivity contribution in [3.05, 3.63) is 54.2 Å². The first-order valence-corrected chi connectivity index (χ1v) is 8.43. The predicted molar refractivity (Wildman–Crippen MR) is 98.0 cm³/mol. The lowest BCUT2D eigenvalue weighted by atomic mass is 10.2. The summed E-state index contributed by atoms with van der Waals surface area (Å²) >= 11 is 0. The number of nitrogens with one attached hydrogen (secondary N) is 1. The Morgan fingerprint density at radius 1 is 1.22 bits per heavy atom. The molecule has 1 aliphatic heterocycles. The molecule has 0 unspecified atom stereocenters. The van der Waals surface area contributed by atoms with Crippen LogP contribution < -0.4 is 15.0 Å². The first-order chi connectivity index (χ1) is 13.1. The number of carbonyl (C=O) groups excluding carboxylic acids is 1. The van der Waals surface area contributed by atoms with Gasteiger partial charge in [0.05, 0.1) is 25.1 Å². The molecule has 1 fully saturated rings. The summed E-state index contributed by atoms with van der Waals surface area (Å²) in [6.45, 7) is -0.0311. The fourth-order valence-corrected chi connectivity index (χ4v) is 2.61. The van der Waals surface area contributed by atoms with Gasteiger partial charge in [-0.2, -0.15) is 8.78 Å². The number of halogens is 2. The molecule has 142 valence electrons. The number of nitrogens with zero attached hydrogens (tertiary/aromatic N) is 2. The smallest absolute Gasteiger partial charge is 0.387 e. The van der Waals surface area contributed by atoms with Crippen LogP contribution in [0.15, 0.2) is 48.7 Å². The van der Waals surface area contributed by atoms with E-state index in [0.717, 1.165) is 18.9 Å². The molecule has 1 saturated heterocycles. The second-order valence-corrected chi connectivity index (χ2v) is 5.74. The molecule has 8 heteroatoms. The van der Waals surface area contributed by atoms with Gasteiger partial charge in [-0.05, 0) is 24.3 Å². The number of aromatic nitrogens is 1.